The number of ether oxygens (including phenoxy) is 1. The van der Waals surface area contributed by atoms with Crippen LogP contribution in [0.4, 0.5) is 13.2 Å². The van der Waals surface area contributed by atoms with Gasteiger partial charge in [-0.1, -0.05) is 12.1 Å². The molecule has 0 saturated heterocycles. The molecule has 0 aliphatic rings. The second-order valence-corrected chi connectivity index (χ2v) is 4.64. The number of hydrogen-bond acceptors (Lipinski definition) is 4. The highest BCUT2D eigenvalue weighted by Gasteiger charge is 2.35. The van der Waals surface area contributed by atoms with Gasteiger partial charge >= 0.3 is 6.18 Å². The Labute approximate surface area is 123 Å². The van der Waals surface area contributed by atoms with Crippen LogP contribution in [0.1, 0.15) is 17.2 Å². The number of hydrogen-bond donors (Lipinski definition) is 1. The van der Waals surface area contributed by atoms with Crippen LogP contribution in [-0.2, 0) is 12.6 Å². The van der Waals surface area contributed by atoms with Gasteiger partial charge in [-0.2, -0.15) is 13.2 Å². The average Bonchev–Trinajstić information content (AvgIpc) is 2.88. The molecule has 8 heteroatoms. The normalized spacial score (nSPS) is 11.8. The third-order valence-electron chi connectivity index (χ3n) is 3.07. The van der Waals surface area contributed by atoms with Crippen LogP contribution in [0.15, 0.2) is 30.5 Å². The summed E-state index contributed by atoms with van der Waals surface area (Å²) in [5.41, 5.74) is 1.33. The molecule has 0 fully saturated rings. The van der Waals surface area contributed by atoms with Crippen LogP contribution in [0, 0.1) is 0 Å². The lowest BCUT2D eigenvalue weighted by molar-refractivity contribution is -0.144. The van der Waals surface area contributed by atoms with E-state index in [-0.39, 0.29) is 5.65 Å². The van der Waals surface area contributed by atoms with Gasteiger partial charge in [0.15, 0.2) is 5.65 Å². The zero-order valence-corrected chi connectivity index (χ0v) is 11.5. The van der Waals surface area contributed by atoms with Crippen molar-refractivity contribution in [1.82, 2.24) is 19.9 Å². The Balaban J connectivity index is 1.88. The topological polar surface area (TPSA) is 63.7 Å². The van der Waals surface area contributed by atoms with Crippen LogP contribution in [-0.4, -0.2) is 27.0 Å². The van der Waals surface area contributed by atoms with Crippen molar-refractivity contribution in [3.05, 3.63) is 47.7 Å². The van der Waals surface area contributed by atoms with Crippen LogP contribution >= 0.6 is 0 Å². The number of aromatic amines is 1. The number of imidazole rings is 1. The molecular weight excluding hydrogens is 297 g/mol. The summed E-state index contributed by atoms with van der Waals surface area (Å²) in [6.45, 7) is 0. The van der Waals surface area contributed by atoms with Gasteiger partial charge in [0.05, 0.1) is 13.3 Å². The van der Waals surface area contributed by atoms with E-state index in [1.807, 2.05) is 12.1 Å². The van der Waals surface area contributed by atoms with Gasteiger partial charge in [-0.05, 0) is 17.7 Å². The molecule has 1 N–H and O–H groups in total. The predicted molar refractivity (Wildman–Crippen MR) is 72.5 cm³/mol. The fourth-order valence-corrected chi connectivity index (χ4v) is 2.01. The Bertz CT molecular complexity index is 796. The maximum atomic E-state index is 12.6. The Kier molecular flexibility index (Phi) is 3.44. The standard InChI is InChI=1S/C14H11F3N4O/c1-22-9-4-2-8(3-5-9)6-11-19-10-7-18-13(14(15,16)17)21-12(10)20-11/h2-5,7H,6H2,1H3,(H,18,19,20,21). The van der Waals surface area contributed by atoms with E-state index in [2.05, 4.69) is 19.9 Å². The SMILES string of the molecule is COc1ccc(Cc2nc3nc(C(F)(F)F)ncc3[nH]2)cc1. The Morgan fingerprint density at radius 2 is 1.86 bits per heavy atom. The number of benzene rings is 1. The Morgan fingerprint density at radius 3 is 2.50 bits per heavy atom. The highest BCUT2D eigenvalue weighted by atomic mass is 19.4. The quantitative estimate of drug-likeness (QED) is 0.808. The molecule has 0 atom stereocenters. The van der Waals surface area contributed by atoms with E-state index in [0.29, 0.717) is 17.8 Å². The monoisotopic (exact) mass is 308 g/mol. The van der Waals surface area contributed by atoms with Crippen molar-refractivity contribution in [2.24, 2.45) is 0 Å². The average molecular weight is 308 g/mol. The molecule has 2 aromatic heterocycles. The zero-order valence-electron chi connectivity index (χ0n) is 11.5. The molecule has 3 aromatic rings. The van der Waals surface area contributed by atoms with Crippen molar-refractivity contribution in [3.8, 4) is 5.75 Å². The van der Waals surface area contributed by atoms with E-state index >= 15 is 0 Å². The molecule has 0 saturated carbocycles. The van der Waals surface area contributed by atoms with Gasteiger partial charge in [0.2, 0.25) is 5.82 Å². The molecule has 22 heavy (non-hydrogen) atoms. The molecule has 1 aromatic carbocycles. The first-order valence-corrected chi connectivity index (χ1v) is 6.37. The van der Waals surface area contributed by atoms with Gasteiger partial charge in [-0.25, -0.2) is 15.0 Å². The summed E-state index contributed by atoms with van der Waals surface area (Å²) in [4.78, 5) is 13.7. The van der Waals surface area contributed by atoms with Crippen LogP contribution < -0.4 is 4.74 Å². The maximum Gasteiger partial charge on any atom is 0.451 e. The van der Waals surface area contributed by atoms with Gasteiger partial charge in [0.25, 0.3) is 0 Å². The van der Waals surface area contributed by atoms with Gasteiger partial charge in [0, 0.05) is 6.42 Å². The van der Waals surface area contributed by atoms with E-state index in [0.717, 1.165) is 17.5 Å². The first kappa shape index (κ1) is 14.3. The molecule has 0 bridgehead atoms. The molecule has 0 aliphatic carbocycles. The summed E-state index contributed by atoms with van der Waals surface area (Å²) in [6, 6.07) is 7.33. The first-order valence-electron chi connectivity index (χ1n) is 6.37. The number of rotatable bonds is 3. The summed E-state index contributed by atoms with van der Waals surface area (Å²) in [7, 11) is 1.57. The summed E-state index contributed by atoms with van der Waals surface area (Å²) in [5, 5.41) is 0. The smallest absolute Gasteiger partial charge is 0.451 e. The van der Waals surface area contributed by atoms with Crippen LogP contribution in [0.2, 0.25) is 0 Å². The molecule has 3 rings (SSSR count). The Hall–Kier alpha value is -2.64. The van der Waals surface area contributed by atoms with Crippen molar-refractivity contribution in [2.75, 3.05) is 7.11 Å². The number of nitrogens with one attached hydrogen (secondary N) is 1. The number of H-pyrrole nitrogens is 1. The lowest BCUT2D eigenvalue weighted by Gasteiger charge is -2.02. The lowest BCUT2D eigenvalue weighted by atomic mass is 10.1. The third kappa shape index (κ3) is 2.85. The van der Waals surface area contributed by atoms with Crippen molar-refractivity contribution in [1.29, 1.82) is 0 Å². The van der Waals surface area contributed by atoms with E-state index in [1.165, 1.54) is 0 Å². The second-order valence-electron chi connectivity index (χ2n) is 4.64. The molecule has 0 unspecified atom stereocenters. The van der Waals surface area contributed by atoms with Gasteiger partial charge < -0.3 is 9.72 Å². The molecule has 0 amide bonds. The molecular formula is C14H11F3N4O. The van der Waals surface area contributed by atoms with Crippen molar-refractivity contribution in [2.45, 2.75) is 12.6 Å². The second kappa shape index (κ2) is 5.28. The van der Waals surface area contributed by atoms with E-state index in [9.17, 15) is 13.2 Å². The Morgan fingerprint density at radius 1 is 1.14 bits per heavy atom. The number of halogens is 3. The number of aromatic nitrogens is 4. The summed E-state index contributed by atoms with van der Waals surface area (Å²) >= 11 is 0. The summed E-state index contributed by atoms with van der Waals surface area (Å²) in [5.74, 6) is 0.0605. The van der Waals surface area contributed by atoms with Crippen molar-refractivity contribution >= 4 is 11.2 Å². The van der Waals surface area contributed by atoms with E-state index < -0.39 is 12.0 Å². The lowest BCUT2D eigenvalue weighted by Crippen LogP contribution is -2.10. The third-order valence-corrected chi connectivity index (χ3v) is 3.07. The van der Waals surface area contributed by atoms with Gasteiger partial charge in [0.1, 0.15) is 17.1 Å². The maximum absolute atomic E-state index is 12.6. The van der Waals surface area contributed by atoms with Crippen LogP contribution in [0.5, 0.6) is 5.75 Å². The van der Waals surface area contributed by atoms with E-state index in [1.54, 1.807) is 19.2 Å². The fourth-order valence-electron chi connectivity index (χ4n) is 2.01. The highest BCUT2D eigenvalue weighted by Crippen LogP contribution is 2.26. The van der Waals surface area contributed by atoms with Crippen LogP contribution in [0.25, 0.3) is 11.2 Å². The van der Waals surface area contributed by atoms with Gasteiger partial charge in [-0.3, -0.25) is 0 Å². The minimum absolute atomic E-state index is 0.00540. The number of methoxy groups -OCH3 is 1. The molecule has 0 spiro atoms. The number of alkyl halides is 3. The largest absolute Gasteiger partial charge is 0.497 e. The van der Waals surface area contributed by atoms with Crippen molar-refractivity contribution in [3.63, 3.8) is 0 Å². The summed E-state index contributed by atoms with van der Waals surface area (Å²) in [6.07, 6.45) is -3.04. The number of nitrogens with zero attached hydrogens (tertiary/aromatic N) is 3. The highest BCUT2D eigenvalue weighted by molar-refractivity contribution is 5.69. The molecule has 2 heterocycles. The predicted octanol–water partition coefficient (Wildman–Crippen LogP) is 2.97. The molecule has 114 valence electrons. The minimum Gasteiger partial charge on any atom is -0.497 e. The molecule has 0 radical (unpaired) electrons. The van der Waals surface area contributed by atoms with E-state index in [4.69, 9.17) is 4.74 Å². The summed E-state index contributed by atoms with van der Waals surface area (Å²) < 4.78 is 42.8. The van der Waals surface area contributed by atoms with Crippen molar-refractivity contribution < 1.29 is 17.9 Å². The fraction of sp³-hybridized carbons (Fsp3) is 0.214. The number of fused-ring (bicyclic) bond motifs is 1. The zero-order chi connectivity index (χ0) is 15.7. The molecule has 0 aliphatic heterocycles. The minimum atomic E-state index is -4.58. The first-order chi connectivity index (χ1) is 10.5. The van der Waals surface area contributed by atoms with Gasteiger partial charge in [-0.15, -0.1) is 0 Å². The van der Waals surface area contributed by atoms with Crippen LogP contribution in [0.3, 0.4) is 0 Å². The molecule has 5 nitrogen and oxygen atoms in total.